The molecule has 594 valence electrons. The first-order chi connectivity index (χ1) is 48.1. The van der Waals surface area contributed by atoms with Gasteiger partial charge in [-0.05, 0) is 49.4 Å². The van der Waals surface area contributed by atoms with E-state index < -0.39 is 97.5 Å². The third-order valence-electron chi connectivity index (χ3n) is 19.2. The Labute approximate surface area is 613 Å². The van der Waals surface area contributed by atoms with Gasteiger partial charge in [0.1, 0.15) is 19.3 Å². The standard InChI is InChI=1S/C81H158O17P2/c1-9-74(8)60-52-44-35-29-23-17-14-15-19-25-32-38-48-56-63-80(85)97-76(67-91-78(83)61-53-45-36-30-26-20-22-28-34-42-50-58-72(4)5)69-95-99(87,88)93-65-75(82)66-94-100(89,90)96-70-77(68-92-79(84)62-54-46-40-39-43-51-59-73(6)7)98-81(86)64-55-47-37-31-24-18-13-11-10-12-16-21-27-33-41-49-57-71(2)3/h71-77,82H,9-70H2,1-8H3,(H,87,88)(H,89,90)/t74?,75?,76-,77-/m1/s1. The molecule has 0 bridgehead atoms. The number of rotatable bonds is 78. The minimum Gasteiger partial charge on any atom is -0.462 e. The molecule has 0 fully saturated rings. The molecule has 17 nitrogen and oxygen atoms in total. The normalized spacial score (nSPS) is 14.3. The van der Waals surface area contributed by atoms with E-state index in [1.165, 1.54) is 212 Å². The van der Waals surface area contributed by atoms with Gasteiger partial charge in [-0.3, -0.25) is 37.3 Å². The SMILES string of the molecule is CCC(C)CCCCCCCCCCCCCCCCC(=O)O[C@H](COC(=O)CCCCCCCCCCCCCC(C)C)COP(=O)(O)OCC(O)COP(=O)(O)OC[C@@H](COC(=O)CCCCCCCCC(C)C)OC(=O)CCCCCCCCCCCCCCCCCCC(C)C. The van der Waals surface area contributed by atoms with Gasteiger partial charge in [-0.25, -0.2) is 9.13 Å². The van der Waals surface area contributed by atoms with Crippen molar-refractivity contribution in [3.63, 3.8) is 0 Å². The average Bonchev–Trinajstić information content (AvgIpc) is 0.940. The number of esters is 4. The summed E-state index contributed by atoms with van der Waals surface area (Å²) >= 11 is 0. The lowest BCUT2D eigenvalue weighted by Crippen LogP contribution is -2.30. The summed E-state index contributed by atoms with van der Waals surface area (Å²) in [4.78, 5) is 73.0. The van der Waals surface area contributed by atoms with Gasteiger partial charge in [0, 0.05) is 25.7 Å². The lowest BCUT2D eigenvalue weighted by molar-refractivity contribution is -0.161. The molecule has 0 aromatic carbocycles. The van der Waals surface area contributed by atoms with Gasteiger partial charge in [0.15, 0.2) is 12.2 Å². The highest BCUT2D eigenvalue weighted by Crippen LogP contribution is 2.45. The van der Waals surface area contributed by atoms with E-state index in [1.807, 2.05) is 0 Å². The molecule has 4 unspecified atom stereocenters. The molecule has 0 saturated carbocycles. The number of hydrogen-bond donors (Lipinski definition) is 3. The average molecular weight is 1470 g/mol. The van der Waals surface area contributed by atoms with Crippen molar-refractivity contribution in [3.05, 3.63) is 0 Å². The Bertz CT molecular complexity index is 1960. The molecule has 0 heterocycles. The molecule has 19 heteroatoms. The maximum Gasteiger partial charge on any atom is 0.472 e. The quantitative estimate of drug-likeness (QED) is 0.0222. The van der Waals surface area contributed by atoms with Crippen LogP contribution in [-0.2, 0) is 65.4 Å². The summed E-state index contributed by atoms with van der Waals surface area (Å²) in [5.74, 6) is 0.990. The van der Waals surface area contributed by atoms with Gasteiger partial charge >= 0.3 is 39.5 Å². The van der Waals surface area contributed by atoms with Crippen LogP contribution in [0.4, 0.5) is 0 Å². The fourth-order valence-corrected chi connectivity index (χ4v) is 14.0. The highest BCUT2D eigenvalue weighted by Gasteiger charge is 2.30. The summed E-state index contributed by atoms with van der Waals surface area (Å²) in [5.41, 5.74) is 0. The van der Waals surface area contributed by atoms with Crippen LogP contribution >= 0.6 is 15.6 Å². The van der Waals surface area contributed by atoms with Crippen LogP contribution in [0.25, 0.3) is 0 Å². The predicted octanol–water partition coefficient (Wildman–Crippen LogP) is 24.0. The Morgan fingerprint density at radius 1 is 0.280 bits per heavy atom. The molecule has 0 spiro atoms. The fourth-order valence-electron chi connectivity index (χ4n) is 12.4. The fraction of sp³-hybridized carbons (Fsp3) is 0.951. The van der Waals surface area contributed by atoms with Crippen molar-refractivity contribution in [3.8, 4) is 0 Å². The van der Waals surface area contributed by atoms with Gasteiger partial charge in [0.2, 0.25) is 0 Å². The predicted molar refractivity (Wildman–Crippen MR) is 409 cm³/mol. The largest absolute Gasteiger partial charge is 0.472 e. The van der Waals surface area contributed by atoms with Crippen LogP contribution < -0.4 is 0 Å². The summed E-state index contributed by atoms with van der Waals surface area (Å²) < 4.78 is 68.7. The molecule has 0 aliphatic carbocycles. The second-order valence-corrected chi connectivity index (χ2v) is 33.7. The van der Waals surface area contributed by atoms with E-state index in [9.17, 15) is 43.2 Å². The molecular formula is C81H158O17P2. The molecule has 0 radical (unpaired) electrons. The van der Waals surface area contributed by atoms with Gasteiger partial charge in [-0.1, -0.05) is 364 Å². The van der Waals surface area contributed by atoms with Crippen molar-refractivity contribution in [2.45, 2.75) is 433 Å². The van der Waals surface area contributed by atoms with Crippen molar-refractivity contribution in [1.82, 2.24) is 0 Å². The minimum absolute atomic E-state index is 0.107. The van der Waals surface area contributed by atoms with Gasteiger partial charge < -0.3 is 33.8 Å². The number of hydrogen-bond acceptors (Lipinski definition) is 15. The second kappa shape index (κ2) is 70.1. The summed E-state index contributed by atoms with van der Waals surface area (Å²) in [7, 11) is -9.92. The van der Waals surface area contributed by atoms with E-state index in [2.05, 4.69) is 55.4 Å². The number of carbonyl (C=O) groups excluding carboxylic acids is 4. The molecular weight excluding hydrogens is 1310 g/mol. The van der Waals surface area contributed by atoms with E-state index in [-0.39, 0.29) is 25.7 Å². The zero-order chi connectivity index (χ0) is 73.8. The molecule has 3 N–H and O–H groups in total. The van der Waals surface area contributed by atoms with Crippen LogP contribution in [0.5, 0.6) is 0 Å². The topological polar surface area (TPSA) is 237 Å². The Morgan fingerprint density at radius 2 is 0.480 bits per heavy atom. The first kappa shape index (κ1) is 98.1. The van der Waals surface area contributed by atoms with E-state index in [4.69, 9.17) is 37.0 Å². The maximum atomic E-state index is 13.1. The number of ether oxygens (including phenoxy) is 4. The Balaban J connectivity index is 5.21. The van der Waals surface area contributed by atoms with E-state index >= 15 is 0 Å². The van der Waals surface area contributed by atoms with Gasteiger partial charge in [-0.15, -0.1) is 0 Å². The van der Waals surface area contributed by atoms with Gasteiger partial charge in [0.25, 0.3) is 0 Å². The Morgan fingerprint density at radius 3 is 0.710 bits per heavy atom. The van der Waals surface area contributed by atoms with Crippen LogP contribution in [0.15, 0.2) is 0 Å². The molecule has 0 aromatic heterocycles. The first-order valence-corrected chi connectivity index (χ1v) is 44.7. The monoisotopic (exact) mass is 1470 g/mol. The number of phosphoric ester groups is 2. The summed E-state index contributed by atoms with van der Waals surface area (Å²) in [6.45, 7) is 14.2. The third kappa shape index (κ3) is 73.0. The van der Waals surface area contributed by atoms with Gasteiger partial charge in [0.05, 0.1) is 26.4 Å². The molecule has 0 aliphatic rings. The van der Waals surface area contributed by atoms with Crippen LogP contribution in [-0.4, -0.2) is 96.7 Å². The first-order valence-electron chi connectivity index (χ1n) is 41.7. The zero-order valence-electron chi connectivity index (χ0n) is 65.8. The van der Waals surface area contributed by atoms with E-state index in [0.29, 0.717) is 31.6 Å². The minimum atomic E-state index is -4.96. The second-order valence-electron chi connectivity index (χ2n) is 30.8. The number of unbranched alkanes of at least 4 members (excludes halogenated alkanes) is 43. The molecule has 0 amide bonds. The third-order valence-corrected chi connectivity index (χ3v) is 21.1. The molecule has 100 heavy (non-hydrogen) atoms. The highest BCUT2D eigenvalue weighted by molar-refractivity contribution is 7.47. The van der Waals surface area contributed by atoms with Crippen molar-refractivity contribution >= 4 is 39.5 Å². The van der Waals surface area contributed by atoms with Crippen LogP contribution in [0.2, 0.25) is 0 Å². The molecule has 0 aliphatic heterocycles. The smallest absolute Gasteiger partial charge is 0.462 e. The number of phosphoric acid groups is 2. The zero-order valence-corrected chi connectivity index (χ0v) is 67.6. The highest BCUT2D eigenvalue weighted by atomic mass is 31.2. The number of aliphatic hydroxyl groups is 1. The summed E-state index contributed by atoms with van der Waals surface area (Å²) in [6.07, 6.45) is 57.0. The summed E-state index contributed by atoms with van der Waals surface area (Å²) in [6, 6.07) is 0. The molecule has 0 rings (SSSR count). The molecule has 0 saturated heterocycles. The molecule has 6 atom stereocenters. The number of aliphatic hydroxyl groups excluding tert-OH is 1. The maximum absolute atomic E-state index is 13.1. The van der Waals surface area contributed by atoms with Gasteiger partial charge in [-0.2, -0.15) is 0 Å². The van der Waals surface area contributed by atoms with Crippen molar-refractivity contribution in [1.29, 1.82) is 0 Å². The van der Waals surface area contributed by atoms with Crippen LogP contribution in [0.1, 0.15) is 415 Å². The van der Waals surface area contributed by atoms with Crippen LogP contribution in [0.3, 0.4) is 0 Å². The lowest BCUT2D eigenvalue weighted by Gasteiger charge is -2.21. The number of carbonyl (C=O) groups is 4. The molecule has 0 aromatic rings. The van der Waals surface area contributed by atoms with Crippen molar-refractivity contribution < 1.29 is 80.2 Å². The van der Waals surface area contributed by atoms with Crippen LogP contribution in [0, 0.1) is 23.7 Å². The van der Waals surface area contributed by atoms with E-state index in [1.54, 1.807) is 0 Å². The lowest BCUT2D eigenvalue weighted by atomic mass is 9.99. The Kier molecular flexibility index (Phi) is 68.7. The van der Waals surface area contributed by atoms with Crippen molar-refractivity contribution in [2.24, 2.45) is 23.7 Å². The Hall–Kier alpha value is -1.94. The van der Waals surface area contributed by atoms with Crippen molar-refractivity contribution in [2.75, 3.05) is 39.6 Å². The summed E-state index contributed by atoms with van der Waals surface area (Å²) in [5, 5.41) is 10.6. The van der Waals surface area contributed by atoms with E-state index in [0.717, 1.165) is 114 Å².